The van der Waals surface area contributed by atoms with E-state index in [4.69, 9.17) is 4.74 Å². The fourth-order valence-electron chi connectivity index (χ4n) is 3.52. The smallest absolute Gasteiger partial charge is 0.319 e. The molecule has 0 bridgehead atoms. The van der Waals surface area contributed by atoms with Gasteiger partial charge in [-0.3, -0.25) is 4.79 Å². The highest BCUT2D eigenvalue weighted by Gasteiger charge is 2.42. The van der Waals surface area contributed by atoms with Gasteiger partial charge in [-0.05, 0) is 6.07 Å². The van der Waals surface area contributed by atoms with Crippen LogP contribution in [0.3, 0.4) is 0 Å². The Morgan fingerprint density at radius 1 is 1.12 bits per heavy atom. The zero-order valence-corrected chi connectivity index (χ0v) is 14.6. The quantitative estimate of drug-likeness (QED) is 0.730. The normalized spacial score (nSPS) is 19.3. The topological polar surface area (TPSA) is 53.1 Å². The summed E-state index contributed by atoms with van der Waals surface area (Å²) in [5, 5.41) is 0. The van der Waals surface area contributed by atoms with Crippen molar-refractivity contribution in [1.29, 1.82) is 0 Å². The first kappa shape index (κ1) is 16.6. The summed E-state index contributed by atoms with van der Waals surface area (Å²) in [7, 11) is 3.54. The molecule has 6 nitrogen and oxygen atoms in total. The zero-order chi connectivity index (χ0) is 17.3. The summed E-state index contributed by atoms with van der Waals surface area (Å²) in [6, 6.07) is 7.90. The number of para-hydroxylation sites is 1. The van der Waals surface area contributed by atoms with Gasteiger partial charge in [-0.25, -0.2) is 4.79 Å². The molecular weight excluding hydrogens is 306 g/mol. The third-order valence-corrected chi connectivity index (χ3v) is 4.91. The number of urea groups is 1. The number of ether oxygens (including phenoxy) is 1. The van der Waals surface area contributed by atoms with Crippen LogP contribution in [0.5, 0.6) is 5.75 Å². The van der Waals surface area contributed by atoms with E-state index < -0.39 is 5.60 Å². The lowest BCUT2D eigenvalue weighted by molar-refractivity contribution is -0.132. The van der Waals surface area contributed by atoms with Crippen LogP contribution in [-0.2, 0) is 11.3 Å². The molecule has 1 fully saturated rings. The number of fused-ring (bicyclic) bond motifs is 1. The Labute approximate surface area is 143 Å². The molecule has 1 saturated heterocycles. The summed E-state index contributed by atoms with van der Waals surface area (Å²) >= 11 is 0. The predicted molar refractivity (Wildman–Crippen MR) is 90.8 cm³/mol. The van der Waals surface area contributed by atoms with Gasteiger partial charge in [0.1, 0.15) is 11.4 Å². The lowest BCUT2D eigenvalue weighted by atomic mass is 9.90. The largest absolute Gasteiger partial charge is 0.485 e. The minimum Gasteiger partial charge on any atom is -0.485 e. The van der Waals surface area contributed by atoms with E-state index in [1.54, 1.807) is 25.9 Å². The van der Waals surface area contributed by atoms with Crippen molar-refractivity contribution in [3.05, 3.63) is 29.8 Å². The minimum absolute atomic E-state index is 0.0105. The first-order valence-corrected chi connectivity index (χ1v) is 8.39. The molecule has 24 heavy (non-hydrogen) atoms. The van der Waals surface area contributed by atoms with Crippen LogP contribution in [0.1, 0.15) is 25.3 Å². The number of amides is 3. The summed E-state index contributed by atoms with van der Waals surface area (Å²) < 4.78 is 6.42. The number of benzene rings is 1. The molecule has 2 aliphatic rings. The number of likely N-dealkylation sites (tertiary alicyclic amines) is 1. The predicted octanol–water partition coefficient (Wildman–Crippen LogP) is 1.94. The molecule has 0 N–H and O–H groups in total. The second-order valence-corrected chi connectivity index (χ2v) is 6.93. The van der Waals surface area contributed by atoms with Gasteiger partial charge in [0.15, 0.2) is 0 Å². The van der Waals surface area contributed by atoms with E-state index in [9.17, 15) is 9.59 Å². The van der Waals surface area contributed by atoms with Crippen molar-refractivity contribution >= 4 is 11.9 Å². The van der Waals surface area contributed by atoms with E-state index in [0.29, 0.717) is 26.2 Å². The lowest BCUT2D eigenvalue weighted by Gasteiger charge is -2.42. The van der Waals surface area contributed by atoms with E-state index in [2.05, 4.69) is 0 Å². The average Bonchev–Trinajstić information content (AvgIpc) is 2.71. The van der Waals surface area contributed by atoms with Crippen molar-refractivity contribution in [3.63, 3.8) is 0 Å². The average molecular weight is 331 g/mol. The summed E-state index contributed by atoms with van der Waals surface area (Å²) in [5.74, 6) is 0.947. The molecule has 0 radical (unpaired) electrons. The van der Waals surface area contributed by atoms with Gasteiger partial charge in [0.25, 0.3) is 0 Å². The van der Waals surface area contributed by atoms with Crippen LogP contribution in [-0.4, -0.2) is 66.0 Å². The van der Waals surface area contributed by atoms with Crippen LogP contribution in [0.4, 0.5) is 4.79 Å². The molecule has 2 aliphatic heterocycles. The Morgan fingerprint density at radius 3 is 2.42 bits per heavy atom. The van der Waals surface area contributed by atoms with Crippen molar-refractivity contribution in [3.8, 4) is 5.75 Å². The highest BCUT2D eigenvalue weighted by molar-refractivity contribution is 5.74. The minimum atomic E-state index is -0.426. The number of piperidine rings is 1. The van der Waals surface area contributed by atoms with Crippen molar-refractivity contribution in [2.45, 2.75) is 31.9 Å². The van der Waals surface area contributed by atoms with Crippen LogP contribution >= 0.6 is 0 Å². The number of hydrogen-bond donors (Lipinski definition) is 0. The molecule has 0 saturated carbocycles. The Bertz CT molecular complexity index is 636. The van der Waals surface area contributed by atoms with Gasteiger partial charge < -0.3 is 19.4 Å². The van der Waals surface area contributed by atoms with E-state index in [1.807, 2.05) is 34.1 Å². The molecule has 3 rings (SSSR count). The molecule has 130 valence electrons. The van der Waals surface area contributed by atoms with Gasteiger partial charge in [0, 0.05) is 52.5 Å². The fourth-order valence-corrected chi connectivity index (χ4v) is 3.52. The van der Waals surface area contributed by atoms with Crippen LogP contribution in [0.2, 0.25) is 0 Å². The van der Waals surface area contributed by atoms with Crippen LogP contribution in [0, 0.1) is 0 Å². The molecular formula is C18H25N3O3. The van der Waals surface area contributed by atoms with Gasteiger partial charge in [-0.2, -0.15) is 0 Å². The van der Waals surface area contributed by atoms with Crippen LogP contribution < -0.4 is 4.74 Å². The number of nitrogens with zero attached hydrogens (tertiary/aromatic N) is 3. The van der Waals surface area contributed by atoms with E-state index in [0.717, 1.165) is 24.2 Å². The maximum atomic E-state index is 12.6. The SMILES string of the molecule is CC(=O)N1CCC2(CC1)CN(C(=O)N(C)C)Cc1ccccc1O2. The molecule has 0 aromatic heterocycles. The molecule has 6 heteroatoms. The van der Waals surface area contributed by atoms with Gasteiger partial charge in [-0.15, -0.1) is 0 Å². The summed E-state index contributed by atoms with van der Waals surface area (Å²) in [6.45, 7) is 4.03. The fraction of sp³-hybridized carbons (Fsp3) is 0.556. The maximum Gasteiger partial charge on any atom is 0.319 e. The molecule has 2 heterocycles. The maximum absolute atomic E-state index is 12.6. The second-order valence-electron chi connectivity index (χ2n) is 6.93. The number of hydrogen-bond acceptors (Lipinski definition) is 3. The number of carbonyl (C=O) groups excluding carboxylic acids is 2. The summed E-state index contributed by atoms with van der Waals surface area (Å²) in [4.78, 5) is 29.5. The van der Waals surface area contributed by atoms with Crippen molar-refractivity contribution < 1.29 is 14.3 Å². The lowest BCUT2D eigenvalue weighted by Crippen LogP contribution is -2.55. The first-order valence-electron chi connectivity index (χ1n) is 8.39. The van der Waals surface area contributed by atoms with E-state index in [1.165, 1.54) is 0 Å². The van der Waals surface area contributed by atoms with E-state index in [-0.39, 0.29) is 11.9 Å². The Morgan fingerprint density at radius 2 is 1.79 bits per heavy atom. The van der Waals surface area contributed by atoms with Crippen molar-refractivity contribution in [2.75, 3.05) is 33.7 Å². The number of rotatable bonds is 0. The standard InChI is InChI=1S/C18H25N3O3/c1-14(22)20-10-8-18(9-11-20)13-21(17(23)19(2)3)12-15-6-4-5-7-16(15)24-18/h4-7H,8-13H2,1-3H3. The highest BCUT2D eigenvalue weighted by Crippen LogP contribution is 2.35. The molecule has 0 aliphatic carbocycles. The third-order valence-electron chi connectivity index (χ3n) is 4.91. The third kappa shape index (κ3) is 3.18. The number of carbonyl (C=O) groups is 2. The Balaban J connectivity index is 1.89. The molecule has 3 amide bonds. The van der Waals surface area contributed by atoms with Crippen LogP contribution in [0.25, 0.3) is 0 Å². The van der Waals surface area contributed by atoms with Crippen LogP contribution in [0.15, 0.2) is 24.3 Å². The van der Waals surface area contributed by atoms with Crippen molar-refractivity contribution in [2.24, 2.45) is 0 Å². The summed E-state index contributed by atoms with van der Waals surface area (Å²) in [5.41, 5.74) is 0.600. The van der Waals surface area contributed by atoms with Gasteiger partial charge in [-0.1, -0.05) is 18.2 Å². The molecule has 0 unspecified atom stereocenters. The molecule has 0 atom stereocenters. The van der Waals surface area contributed by atoms with Crippen molar-refractivity contribution in [1.82, 2.24) is 14.7 Å². The molecule has 1 spiro atoms. The van der Waals surface area contributed by atoms with Gasteiger partial charge >= 0.3 is 6.03 Å². The van der Waals surface area contributed by atoms with Gasteiger partial charge in [0.05, 0.1) is 13.1 Å². The molecule has 1 aromatic rings. The first-order chi connectivity index (χ1) is 11.4. The van der Waals surface area contributed by atoms with Gasteiger partial charge in [0.2, 0.25) is 5.91 Å². The zero-order valence-electron chi connectivity index (χ0n) is 14.6. The Hall–Kier alpha value is -2.24. The highest BCUT2D eigenvalue weighted by atomic mass is 16.5. The Kier molecular flexibility index (Phi) is 4.39. The monoisotopic (exact) mass is 331 g/mol. The van der Waals surface area contributed by atoms with E-state index >= 15 is 0 Å². The second kappa shape index (κ2) is 6.34. The molecule has 1 aromatic carbocycles. The summed E-state index contributed by atoms with van der Waals surface area (Å²) in [6.07, 6.45) is 1.47.